The number of nitrogens with zero attached hydrogens (tertiary/aromatic N) is 1. The van der Waals surface area contributed by atoms with Crippen LogP contribution >= 0.6 is 12.4 Å². The number of methoxy groups -OCH3 is 2. The van der Waals surface area contributed by atoms with Gasteiger partial charge in [0.15, 0.2) is 0 Å². The van der Waals surface area contributed by atoms with E-state index >= 15 is 0 Å². The fraction of sp³-hybridized carbons (Fsp3) is 0.280. The quantitative estimate of drug-likeness (QED) is 0.350. The molecule has 1 fully saturated rings. The summed E-state index contributed by atoms with van der Waals surface area (Å²) in [6.45, 7) is 3.19. The molecule has 0 saturated carbocycles. The summed E-state index contributed by atoms with van der Waals surface area (Å²) in [7, 11) is -5.39. The number of halogens is 1. The molecule has 206 valence electrons. The SMILES string of the molecule is COc1ccc(OC)c(S(=O)(=O)Nc2ccc(N3CCCNCC3)cc2NS(=O)(=O)c2ccccc2)c1.Cl. The Bertz CT molecular complexity index is 1450. The molecule has 1 saturated heterocycles. The van der Waals surface area contributed by atoms with Gasteiger partial charge < -0.3 is 19.7 Å². The summed E-state index contributed by atoms with van der Waals surface area (Å²) in [4.78, 5) is 2.04. The van der Waals surface area contributed by atoms with Gasteiger partial charge in [-0.05, 0) is 55.4 Å². The average molecular weight is 583 g/mol. The van der Waals surface area contributed by atoms with Gasteiger partial charge >= 0.3 is 0 Å². The largest absolute Gasteiger partial charge is 0.497 e. The Morgan fingerprint density at radius 3 is 2.24 bits per heavy atom. The standard InChI is InChI=1S/C25H30N4O6S2.ClH/c1-34-20-10-12-24(35-2)25(18-20)37(32,33)27-22-11-9-19(29-15-6-13-26-14-16-29)17-23(22)28-36(30,31)21-7-4-3-5-8-21;/h3-5,7-12,17-18,26-28H,6,13-16H2,1-2H3;1H. The molecule has 1 aliphatic rings. The molecule has 0 aromatic heterocycles. The maximum atomic E-state index is 13.4. The van der Waals surface area contributed by atoms with Gasteiger partial charge in [-0.2, -0.15) is 0 Å². The van der Waals surface area contributed by atoms with Gasteiger partial charge in [-0.1, -0.05) is 18.2 Å². The lowest BCUT2D eigenvalue weighted by Crippen LogP contribution is -2.28. The smallest absolute Gasteiger partial charge is 0.265 e. The number of hydrogen-bond donors (Lipinski definition) is 3. The minimum absolute atomic E-state index is 0. The van der Waals surface area contributed by atoms with E-state index in [0.717, 1.165) is 38.3 Å². The molecule has 0 unspecified atom stereocenters. The molecular formula is C25H31ClN4O6S2. The summed E-state index contributed by atoms with van der Waals surface area (Å²) in [5, 5.41) is 3.34. The number of anilines is 3. The second-order valence-corrected chi connectivity index (χ2v) is 11.7. The van der Waals surface area contributed by atoms with Crippen LogP contribution in [0.3, 0.4) is 0 Å². The molecule has 3 N–H and O–H groups in total. The van der Waals surface area contributed by atoms with Gasteiger partial charge in [-0.3, -0.25) is 9.44 Å². The molecule has 3 aromatic carbocycles. The zero-order valence-corrected chi connectivity index (χ0v) is 23.5. The number of ether oxygens (including phenoxy) is 2. The normalized spacial score (nSPS) is 14.1. The molecule has 0 amide bonds. The van der Waals surface area contributed by atoms with E-state index in [0.29, 0.717) is 5.75 Å². The minimum Gasteiger partial charge on any atom is -0.497 e. The first kappa shape index (κ1) is 29.4. The molecule has 0 atom stereocenters. The summed E-state index contributed by atoms with van der Waals surface area (Å²) >= 11 is 0. The number of benzene rings is 3. The first-order valence-corrected chi connectivity index (χ1v) is 14.6. The Balaban J connectivity index is 0.00000400. The van der Waals surface area contributed by atoms with Crippen molar-refractivity contribution >= 4 is 49.5 Å². The maximum Gasteiger partial charge on any atom is 0.265 e. The van der Waals surface area contributed by atoms with Crippen LogP contribution in [0.2, 0.25) is 0 Å². The molecule has 0 bridgehead atoms. The lowest BCUT2D eigenvalue weighted by Gasteiger charge is -2.24. The second kappa shape index (κ2) is 12.6. The number of sulfonamides is 2. The van der Waals surface area contributed by atoms with Crippen LogP contribution in [0.25, 0.3) is 0 Å². The van der Waals surface area contributed by atoms with Gasteiger partial charge in [0.25, 0.3) is 20.0 Å². The molecule has 3 aromatic rings. The predicted molar refractivity (Wildman–Crippen MR) is 151 cm³/mol. The topological polar surface area (TPSA) is 126 Å². The van der Waals surface area contributed by atoms with Crippen LogP contribution in [0, 0.1) is 0 Å². The molecule has 0 spiro atoms. The third kappa shape index (κ3) is 6.81. The molecule has 0 radical (unpaired) electrons. The number of nitrogens with one attached hydrogen (secondary N) is 3. The van der Waals surface area contributed by atoms with Crippen LogP contribution in [0.5, 0.6) is 11.5 Å². The van der Waals surface area contributed by atoms with Crippen molar-refractivity contribution in [2.24, 2.45) is 0 Å². The lowest BCUT2D eigenvalue weighted by atomic mass is 10.2. The van der Waals surface area contributed by atoms with Crippen LogP contribution in [0.4, 0.5) is 17.1 Å². The summed E-state index contributed by atoms with van der Waals surface area (Å²) in [6.07, 6.45) is 0.926. The van der Waals surface area contributed by atoms with E-state index in [-0.39, 0.29) is 39.3 Å². The van der Waals surface area contributed by atoms with Crippen LogP contribution < -0.4 is 29.1 Å². The van der Waals surface area contributed by atoms with Crippen molar-refractivity contribution in [3.05, 3.63) is 66.7 Å². The maximum absolute atomic E-state index is 13.4. The summed E-state index contributed by atoms with van der Waals surface area (Å²) in [5.74, 6) is 0.449. The van der Waals surface area contributed by atoms with E-state index in [1.165, 1.54) is 38.5 Å². The molecule has 1 aliphatic heterocycles. The van der Waals surface area contributed by atoms with Crippen molar-refractivity contribution in [1.29, 1.82) is 0 Å². The highest BCUT2D eigenvalue weighted by atomic mass is 35.5. The van der Waals surface area contributed by atoms with Gasteiger partial charge in [-0.25, -0.2) is 16.8 Å². The van der Waals surface area contributed by atoms with Crippen LogP contribution in [-0.2, 0) is 20.0 Å². The minimum atomic E-state index is -4.19. The fourth-order valence-electron chi connectivity index (χ4n) is 4.00. The Kier molecular flexibility index (Phi) is 9.71. The lowest BCUT2D eigenvalue weighted by molar-refractivity contribution is 0.392. The van der Waals surface area contributed by atoms with E-state index in [1.807, 2.05) is 0 Å². The highest BCUT2D eigenvalue weighted by Crippen LogP contribution is 2.34. The van der Waals surface area contributed by atoms with Crippen molar-refractivity contribution < 1.29 is 26.3 Å². The van der Waals surface area contributed by atoms with E-state index < -0.39 is 20.0 Å². The van der Waals surface area contributed by atoms with Crippen molar-refractivity contribution in [2.45, 2.75) is 16.2 Å². The zero-order valence-electron chi connectivity index (χ0n) is 21.0. The Hall–Kier alpha value is -3.19. The van der Waals surface area contributed by atoms with Gasteiger partial charge in [0.2, 0.25) is 0 Å². The van der Waals surface area contributed by atoms with Gasteiger partial charge in [0.1, 0.15) is 16.4 Å². The van der Waals surface area contributed by atoms with E-state index in [2.05, 4.69) is 19.7 Å². The highest BCUT2D eigenvalue weighted by Gasteiger charge is 2.24. The van der Waals surface area contributed by atoms with Crippen molar-refractivity contribution in [2.75, 3.05) is 54.7 Å². The first-order valence-electron chi connectivity index (χ1n) is 11.7. The van der Waals surface area contributed by atoms with E-state index in [4.69, 9.17) is 9.47 Å². The van der Waals surface area contributed by atoms with E-state index in [1.54, 1.807) is 42.5 Å². The fourth-order valence-corrected chi connectivity index (χ4v) is 6.36. The Morgan fingerprint density at radius 2 is 1.53 bits per heavy atom. The zero-order chi connectivity index (χ0) is 26.5. The predicted octanol–water partition coefficient (Wildman–Crippen LogP) is 3.53. The molecular weight excluding hydrogens is 552 g/mol. The third-order valence-electron chi connectivity index (χ3n) is 5.91. The number of rotatable bonds is 9. The van der Waals surface area contributed by atoms with Crippen molar-refractivity contribution in [3.63, 3.8) is 0 Å². The molecule has 10 nitrogen and oxygen atoms in total. The first-order chi connectivity index (χ1) is 17.7. The van der Waals surface area contributed by atoms with Crippen LogP contribution in [0.1, 0.15) is 6.42 Å². The molecule has 1 heterocycles. The Morgan fingerprint density at radius 1 is 0.789 bits per heavy atom. The average Bonchev–Trinajstić information content (AvgIpc) is 3.19. The number of hydrogen-bond acceptors (Lipinski definition) is 8. The molecule has 4 rings (SSSR count). The summed E-state index contributed by atoms with van der Waals surface area (Å²) in [5.41, 5.74) is 0.946. The van der Waals surface area contributed by atoms with Gasteiger partial charge in [0, 0.05) is 31.4 Å². The van der Waals surface area contributed by atoms with Gasteiger partial charge in [0.05, 0.1) is 30.5 Å². The molecule has 0 aliphatic carbocycles. The molecule has 13 heteroatoms. The van der Waals surface area contributed by atoms with E-state index in [9.17, 15) is 16.8 Å². The van der Waals surface area contributed by atoms with Crippen molar-refractivity contribution in [3.8, 4) is 11.5 Å². The second-order valence-electron chi connectivity index (χ2n) is 8.36. The summed E-state index contributed by atoms with van der Waals surface area (Å²) < 4.78 is 68.7. The van der Waals surface area contributed by atoms with Crippen LogP contribution in [-0.4, -0.2) is 57.2 Å². The monoisotopic (exact) mass is 582 g/mol. The third-order valence-corrected chi connectivity index (χ3v) is 8.68. The summed E-state index contributed by atoms with van der Waals surface area (Å²) in [6, 6.07) is 17.3. The molecule has 38 heavy (non-hydrogen) atoms. The highest BCUT2D eigenvalue weighted by molar-refractivity contribution is 7.93. The van der Waals surface area contributed by atoms with Crippen molar-refractivity contribution in [1.82, 2.24) is 5.32 Å². The van der Waals surface area contributed by atoms with Gasteiger partial charge in [-0.15, -0.1) is 12.4 Å². The van der Waals surface area contributed by atoms with Crippen LogP contribution in [0.15, 0.2) is 76.5 Å². The Labute approximate surface area is 229 Å².